The van der Waals surface area contributed by atoms with E-state index in [4.69, 9.17) is 14.6 Å². The Morgan fingerprint density at radius 2 is 2.26 bits per heavy atom. The van der Waals surface area contributed by atoms with Gasteiger partial charge in [0.25, 0.3) is 0 Å². The third kappa shape index (κ3) is 6.75. The molecule has 0 aromatic rings. The van der Waals surface area contributed by atoms with Crippen LogP contribution in [0.15, 0.2) is 0 Å². The summed E-state index contributed by atoms with van der Waals surface area (Å²) in [6.45, 7) is 8.67. The van der Waals surface area contributed by atoms with Crippen LogP contribution in [-0.4, -0.2) is 67.2 Å². The highest BCUT2D eigenvalue weighted by atomic mass is 16.6. The van der Waals surface area contributed by atoms with Crippen molar-refractivity contribution in [3.8, 4) is 0 Å². The quantitative estimate of drug-likeness (QED) is 0.734. The van der Waals surface area contributed by atoms with E-state index in [1.807, 2.05) is 20.8 Å². The molecular formula is C13H26N2O4. The van der Waals surface area contributed by atoms with E-state index >= 15 is 0 Å². The molecule has 0 aromatic heterocycles. The first-order valence-electron chi connectivity index (χ1n) is 6.82. The molecule has 1 amide bonds. The molecule has 0 aromatic carbocycles. The summed E-state index contributed by atoms with van der Waals surface area (Å²) in [4.78, 5) is 13.7. The zero-order chi connectivity index (χ0) is 14.3. The number of carbonyl (C=O) groups excluding carboxylic acids is 1. The fourth-order valence-corrected chi connectivity index (χ4v) is 1.81. The van der Waals surface area contributed by atoms with Crippen LogP contribution in [0.4, 0.5) is 4.79 Å². The molecule has 112 valence electrons. The van der Waals surface area contributed by atoms with E-state index in [1.165, 1.54) is 0 Å². The van der Waals surface area contributed by atoms with Crippen LogP contribution in [0, 0.1) is 0 Å². The summed E-state index contributed by atoms with van der Waals surface area (Å²) in [5, 5.41) is 12.0. The highest BCUT2D eigenvalue weighted by Gasteiger charge is 2.26. The lowest BCUT2D eigenvalue weighted by atomic mass is 10.2. The van der Waals surface area contributed by atoms with Gasteiger partial charge in [-0.15, -0.1) is 0 Å². The Hall–Kier alpha value is -0.850. The lowest BCUT2D eigenvalue weighted by Gasteiger charge is -2.28. The molecule has 1 aliphatic heterocycles. The average Bonchev–Trinajstić information content (AvgIpc) is 2.53. The minimum absolute atomic E-state index is 0.0848. The normalized spacial score (nSPS) is 21.1. The lowest BCUT2D eigenvalue weighted by molar-refractivity contribution is 0.0238. The van der Waals surface area contributed by atoms with Gasteiger partial charge in [-0.25, -0.2) is 4.79 Å². The second-order valence-corrected chi connectivity index (χ2v) is 5.73. The predicted molar refractivity (Wildman–Crippen MR) is 72.1 cm³/mol. The first-order valence-corrected chi connectivity index (χ1v) is 6.82. The van der Waals surface area contributed by atoms with Crippen molar-refractivity contribution >= 4 is 6.09 Å². The molecule has 2 N–H and O–H groups in total. The van der Waals surface area contributed by atoms with Crippen LogP contribution in [0.5, 0.6) is 0 Å². The molecule has 0 bridgehead atoms. The number of aliphatic hydroxyl groups is 1. The number of ether oxygens (including phenoxy) is 2. The van der Waals surface area contributed by atoms with Gasteiger partial charge in [-0.1, -0.05) is 0 Å². The number of amides is 1. The molecule has 0 spiro atoms. The van der Waals surface area contributed by atoms with Crippen LogP contribution in [0.3, 0.4) is 0 Å². The van der Waals surface area contributed by atoms with Gasteiger partial charge in [0.2, 0.25) is 0 Å². The zero-order valence-electron chi connectivity index (χ0n) is 12.1. The van der Waals surface area contributed by atoms with Crippen LogP contribution in [-0.2, 0) is 9.47 Å². The Bertz CT molecular complexity index is 278. The number of hydrogen-bond acceptors (Lipinski definition) is 5. The third-order valence-electron chi connectivity index (χ3n) is 2.68. The molecule has 1 aliphatic rings. The number of hydrogen-bond donors (Lipinski definition) is 2. The monoisotopic (exact) mass is 274 g/mol. The molecule has 1 rings (SSSR count). The standard InChI is InChI=1S/C13H26N2O4/c1-13(2,3)19-12(17)15-6-8-18-10-11(9-15)14-5-4-7-16/h11,14,16H,4-10H2,1-3H3. The van der Waals surface area contributed by atoms with Gasteiger partial charge in [-0.2, -0.15) is 0 Å². The van der Waals surface area contributed by atoms with E-state index in [2.05, 4.69) is 5.32 Å². The van der Waals surface area contributed by atoms with Gasteiger partial charge in [-0.05, 0) is 33.7 Å². The summed E-state index contributed by atoms with van der Waals surface area (Å²) in [5.41, 5.74) is -0.482. The van der Waals surface area contributed by atoms with Crippen LogP contribution >= 0.6 is 0 Å². The van der Waals surface area contributed by atoms with Crippen molar-refractivity contribution in [1.29, 1.82) is 0 Å². The van der Waals surface area contributed by atoms with Gasteiger partial charge < -0.3 is 24.8 Å². The summed E-state index contributed by atoms with van der Waals surface area (Å²) < 4.78 is 10.8. The maximum Gasteiger partial charge on any atom is 0.410 e. The van der Waals surface area contributed by atoms with Crippen molar-refractivity contribution in [3.63, 3.8) is 0 Å². The predicted octanol–water partition coefficient (Wildman–Crippen LogP) is 0.594. The second-order valence-electron chi connectivity index (χ2n) is 5.73. The number of carbonyl (C=O) groups is 1. The van der Waals surface area contributed by atoms with E-state index in [9.17, 15) is 4.79 Å². The van der Waals surface area contributed by atoms with Gasteiger partial charge in [0.1, 0.15) is 5.60 Å². The first-order chi connectivity index (χ1) is 8.92. The van der Waals surface area contributed by atoms with E-state index in [1.54, 1.807) is 4.90 Å². The first kappa shape index (κ1) is 16.2. The van der Waals surface area contributed by atoms with Gasteiger partial charge in [0.15, 0.2) is 0 Å². The Morgan fingerprint density at radius 3 is 2.89 bits per heavy atom. The van der Waals surface area contributed by atoms with Crippen molar-refractivity contribution in [2.75, 3.05) is 39.5 Å². The van der Waals surface area contributed by atoms with Crippen LogP contribution in [0.25, 0.3) is 0 Å². The topological polar surface area (TPSA) is 71.0 Å². The smallest absolute Gasteiger partial charge is 0.410 e. The Kier molecular flexibility index (Phi) is 6.54. The fraction of sp³-hybridized carbons (Fsp3) is 0.923. The molecule has 1 atom stereocenters. The third-order valence-corrected chi connectivity index (χ3v) is 2.68. The van der Waals surface area contributed by atoms with Gasteiger partial charge in [0.05, 0.1) is 13.2 Å². The van der Waals surface area contributed by atoms with E-state index < -0.39 is 5.60 Å². The van der Waals surface area contributed by atoms with E-state index in [0.29, 0.717) is 39.3 Å². The van der Waals surface area contributed by atoms with Crippen LogP contribution in [0.2, 0.25) is 0 Å². The molecule has 0 aliphatic carbocycles. The molecule has 1 unspecified atom stereocenters. The maximum absolute atomic E-state index is 12.0. The fourth-order valence-electron chi connectivity index (χ4n) is 1.81. The number of aliphatic hydroxyl groups excluding tert-OH is 1. The number of nitrogens with one attached hydrogen (secondary N) is 1. The van der Waals surface area contributed by atoms with Gasteiger partial charge in [-0.3, -0.25) is 0 Å². The van der Waals surface area contributed by atoms with E-state index in [-0.39, 0.29) is 18.7 Å². The highest BCUT2D eigenvalue weighted by Crippen LogP contribution is 2.11. The molecule has 0 saturated carbocycles. The lowest BCUT2D eigenvalue weighted by Crippen LogP contribution is -2.46. The van der Waals surface area contributed by atoms with Crippen molar-refractivity contribution in [3.05, 3.63) is 0 Å². The number of rotatable bonds is 4. The van der Waals surface area contributed by atoms with Crippen molar-refractivity contribution < 1.29 is 19.4 Å². The molecule has 19 heavy (non-hydrogen) atoms. The molecule has 1 saturated heterocycles. The minimum atomic E-state index is -0.482. The van der Waals surface area contributed by atoms with Crippen LogP contribution in [0.1, 0.15) is 27.2 Å². The van der Waals surface area contributed by atoms with E-state index in [0.717, 1.165) is 0 Å². The summed E-state index contributed by atoms with van der Waals surface area (Å²) >= 11 is 0. The van der Waals surface area contributed by atoms with Crippen molar-refractivity contribution in [2.24, 2.45) is 0 Å². The highest BCUT2D eigenvalue weighted by molar-refractivity contribution is 5.68. The average molecular weight is 274 g/mol. The SMILES string of the molecule is CC(C)(C)OC(=O)N1CCOCC(NCCCO)C1. The van der Waals surface area contributed by atoms with Crippen LogP contribution < -0.4 is 5.32 Å². The second kappa shape index (κ2) is 7.67. The maximum atomic E-state index is 12.0. The molecule has 1 fully saturated rings. The molecule has 6 nitrogen and oxygen atoms in total. The van der Waals surface area contributed by atoms with Crippen molar-refractivity contribution in [1.82, 2.24) is 10.2 Å². The Labute approximate surface area is 115 Å². The largest absolute Gasteiger partial charge is 0.444 e. The molecule has 0 radical (unpaired) electrons. The number of nitrogens with zero attached hydrogens (tertiary/aromatic N) is 1. The van der Waals surface area contributed by atoms with Gasteiger partial charge in [0, 0.05) is 25.7 Å². The molecule has 6 heteroatoms. The Morgan fingerprint density at radius 1 is 1.53 bits per heavy atom. The molecule has 1 heterocycles. The Balaban J connectivity index is 2.46. The summed E-state index contributed by atoms with van der Waals surface area (Å²) in [5.74, 6) is 0. The minimum Gasteiger partial charge on any atom is -0.444 e. The van der Waals surface area contributed by atoms with Gasteiger partial charge >= 0.3 is 6.09 Å². The summed E-state index contributed by atoms with van der Waals surface area (Å²) in [6, 6.07) is 0.0848. The van der Waals surface area contributed by atoms with Crippen molar-refractivity contribution in [2.45, 2.75) is 38.8 Å². The zero-order valence-corrected chi connectivity index (χ0v) is 12.1. The molecular weight excluding hydrogens is 248 g/mol. The summed E-state index contributed by atoms with van der Waals surface area (Å²) in [7, 11) is 0. The summed E-state index contributed by atoms with van der Waals surface area (Å²) in [6.07, 6.45) is 0.398.